The summed E-state index contributed by atoms with van der Waals surface area (Å²) in [6.45, 7) is 1.22. The van der Waals surface area contributed by atoms with Gasteiger partial charge in [-0.05, 0) is 7.05 Å². The summed E-state index contributed by atoms with van der Waals surface area (Å²) < 4.78 is 17.6. The number of rotatable bonds is 4. The van der Waals surface area contributed by atoms with Crippen LogP contribution in [0.25, 0.3) is 0 Å². The van der Waals surface area contributed by atoms with Gasteiger partial charge in [0.25, 0.3) is 0 Å². The Morgan fingerprint density at radius 3 is 3.25 bits per heavy atom. The molecular weight excluding hydrogens is 159 g/mol. The SMILES string of the molecule is CNCCOc1cn[c]c(F)c1. The summed E-state index contributed by atoms with van der Waals surface area (Å²) in [4.78, 5) is 3.52. The minimum Gasteiger partial charge on any atom is -0.491 e. The van der Waals surface area contributed by atoms with Crippen LogP contribution in [0, 0.1) is 12.0 Å². The molecule has 0 amide bonds. The van der Waals surface area contributed by atoms with Crippen molar-refractivity contribution >= 4 is 0 Å². The molecule has 0 aliphatic heterocycles. The van der Waals surface area contributed by atoms with Gasteiger partial charge in [-0.3, -0.25) is 0 Å². The second-order valence-electron chi connectivity index (χ2n) is 2.22. The molecule has 1 aromatic rings. The van der Waals surface area contributed by atoms with Gasteiger partial charge in [0, 0.05) is 12.6 Å². The van der Waals surface area contributed by atoms with E-state index in [1.807, 2.05) is 7.05 Å². The first-order chi connectivity index (χ1) is 5.83. The van der Waals surface area contributed by atoms with Crippen LogP contribution in [0.3, 0.4) is 0 Å². The highest BCUT2D eigenvalue weighted by atomic mass is 19.1. The zero-order valence-electron chi connectivity index (χ0n) is 6.80. The quantitative estimate of drug-likeness (QED) is 0.671. The van der Waals surface area contributed by atoms with Crippen LogP contribution in [0.15, 0.2) is 12.3 Å². The van der Waals surface area contributed by atoms with Crippen molar-refractivity contribution in [3.63, 3.8) is 0 Å². The first-order valence-corrected chi connectivity index (χ1v) is 3.63. The Labute approximate surface area is 70.6 Å². The van der Waals surface area contributed by atoms with Crippen LogP contribution < -0.4 is 10.1 Å². The number of aromatic nitrogens is 1. The molecule has 1 rings (SSSR count). The van der Waals surface area contributed by atoms with Gasteiger partial charge in [0.2, 0.25) is 0 Å². The van der Waals surface area contributed by atoms with E-state index in [1.54, 1.807) is 0 Å². The van der Waals surface area contributed by atoms with E-state index in [1.165, 1.54) is 12.3 Å². The monoisotopic (exact) mass is 169 g/mol. The van der Waals surface area contributed by atoms with E-state index in [9.17, 15) is 4.39 Å². The van der Waals surface area contributed by atoms with E-state index in [0.29, 0.717) is 12.4 Å². The molecule has 0 saturated heterocycles. The summed E-state index contributed by atoms with van der Waals surface area (Å²) in [5.41, 5.74) is 0. The number of pyridine rings is 1. The molecule has 3 nitrogen and oxygen atoms in total. The molecule has 4 heteroatoms. The fourth-order valence-corrected chi connectivity index (χ4v) is 0.702. The average Bonchev–Trinajstić information content (AvgIpc) is 2.05. The average molecular weight is 169 g/mol. The number of halogens is 1. The Morgan fingerprint density at radius 2 is 2.58 bits per heavy atom. The van der Waals surface area contributed by atoms with Crippen molar-refractivity contribution in [1.29, 1.82) is 0 Å². The van der Waals surface area contributed by atoms with Crippen molar-refractivity contribution in [1.82, 2.24) is 10.3 Å². The molecular formula is C8H10FN2O. The number of ether oxygens (including phenoxy) is 1. The zero-order chi connectivity index (χ0) is 8.81. The van der Waals surface area contributed by atoms with Crippen LogP contribution in [0.4, 0.5) is 4.39 Å². The summed E-state index contributed by atoms with van der Waals surface area (Å²) in [6.07, 6.45) is 3.58. The van der Waals surface area contributed by atoms with Crippen molar-refractivity contribution < 1.29 is 9.13 Å². The molecule has 65 valence electrons. The van der Waals surface area contributed by atoms with E-state index < -0.39 is 5.82 Å². The number of hydrogen-bond donors (Lipinski definition) is 1. The Kier molecular flexibility index (Phi) is 3.47. The van der Waals surface area contributed by atoms with Crippen LogP contribution >= 0.6 is 0 Å². The first kappa shape index (κ1) is 8.93. The summed E-state index contributed by atoms with van der Waals surface area (Å²) in [5, 5.41) is 2.91. The standard InChI is InChI=1S/C8H10FN2O/c1-10-2-3-12-8-4-7(9)5-11-6-8/h4,6,10H,2-3H2,1H3. The molecule has 0 atom stereocenters. The normalized spacial score (nSPS) is 9.83. The number of nitrogens with one attached hydrogen (secondary N) is 1. The Balaban J connectivity index is 2.41. The molecule has 0 unspecified atom stereocenters. The predicted octanol–water partition coefficient (Wildman–Crippen LogP) is 0.619. The predicted molar refractivity (Wildman–Crippen MR) is 42.5 cm³/mol. The third kappa shape index (κ3) is 2.84. The van der Waals surface area contributed by atoms with E-state index in [-0.39, 0.29) is 0 Å². The van der Waals surface area contributed by atoms with Crippen LogP contribution in [0.2, 0.25) is 0 Å². The van der Waals surface area contributed by atoms with Crippen molar-refractivity contribution in [3.8, 4) is 5.75 Å². The van der Waals surface area contributed by atoms with E-state index in [2.05, 4.69) is 16.5 Å². The molecule has 0 aliphatic rings. The van der Waals surface area contributed by atoms with Gasteiger partial charge in [-0.25, -0.2) is 9.37 Å². The summed E-state index contributed by atoms with van der Waals surface area (Å²) >= 11 is 0. The second kappa shape index (κ2) is 4.66. The smallest absolute Gasteiger partial charge is 0.154 e. The van der Waals surface area contributed by atoms with E-state index >= 15 is 0 Å². The maximum Gasteiger partial charge on any atom is 0.154 e. The van der Waals surface area contributed by atoms with E-state index in [0.717, 1.165) is 6.54 Å². The summed E-state index contributed by atoms with van der Waals surface area (Å²) in [5.74, 6) is -0.0709. The number of nitrogens with zero attached hydrogens (tertiary/aromatic N) is 1. The number of hydrogen-bond acceptors (Lipinski definition) is 3. The second-order valence-corrected chi connectivity index (χ2v) is 2.22. The molecule has 0 spiro atoms. The maximum atomic E-state index is 12.5. The minimum atomic E-state index is -0.503. The molecule has 0 saturated carbocycles. The van der Waals surface area contributed by atoms with Gasteiger partial charge in [-0.15, -0.1) is 0 Å². The minimum absolute atomic E-state index is 0.432. The lowest BCUT2D eigenvalue weighted by Gasteiger charge is -2.03. The van der Waals surface area contributed by atoms with Crippen molar-refractivity contribution in [3.05, 3.63) is 24.3 Å². The van der Waals surface area contributed by atoms with Gasteiger partial charge >= 0.3 is 0 Å². The van der Waals surface area contributed by atoms with Crippen LogP contribution in [-0.2, 0) is 0 Å². The topological polar surface area (TPSA) is 34.1 Å². The van der Waals surface area contributed by atoms with E-state index in [4.69, 9.17) is 4.74 Å². The molecule has 0 aromatic carbocycles. The van der Waals surface area contributed by atoms with Crippen LogP contribution in [0.5, 0.6) is 5.75 Å². The Bertz CT molecular complexity index is 242. The maximum absolute atomic E-state index is 12.5. The van der Waals surface area contributed by atoms with Gasteiger partial charge in [-0.1, -0.05) is 0 Å². The van der Waals surface area contributed by atoms with Crippen molar-refractivity contribution in [2.75, 3.05) is 20.2 Å². The highest BCUT2D eigenvalue weighted by molar-refractivity contribution is 5.16. The van der Waals surface area contributed by atoms with Gasteiger partial charge in [0.05, 0.1) is 6.20 Å². The fourth-order valence-electron chi connectivity index (χ4n) is 0.702. The molecule has 0 aliphatic carbocycles. The van der Waals surface area contributed by atoms with Crippen LogP contribution in [0.1, 0.15) is 0 Å². The summed E-state index contributed by atoms with van der Waals surface area (Å²) in [7, 11) is 1.82. The lowest BCUT2D eigenvalue weighted by molar-refractivity contribution is 0.315. The fraction of sp³-hybridized carbons (Fsp3) is 0.375. The third-order valence-corrected chi connectivity index (χ3v) is 1.25. The van der Waals surface area contributed by atoms with Gasteiger partial charge < -0.3 is 10.1 Å². The Morgan fingerprint density at radius 1 is 1.75 bits per heavy atom. The third-order valence-electron chi connectivity index (χ3n) is 1.25. The van der Waals surface area contributed by atoms with Gasteiger partial charge in [0.1, 0.15) is 18.6 Å². The zero-order valence-corrected chi connectivity index (χ0v) is 6.80. The largest absolute Gasteiger partial charge is 0.491 e. The molecule has 1 radical (unpaired) electrons. The highest BCUT2D eigenvalue weighted by Crippen LogP contribution is 2.08. The first-order valence-electron chi connectivity index (χ1n) is 3.63. The van der Waals surface area contributed by atoms with Crippen LogP contribution in [-0.4, -0.2) is 25.2 Å². The molecule has 1 aromatic heterocycles. The molecule has 0 fully saturated rings. The lowest BCUT2D eigenvalue weighted by atomic mass is 10.4. The lowest BCUT2D eigenvalue weighted by Crippen LogP contribution is -2.16. The summed E-state index contributed by atoms with van der Waals surface area (Å²) in [6, 6.07) is 1.25. The van der Waals surface area contributed by atoms with Crippen molar-refractivity contribution in [2.45, 2.75) is 0 Å². The molecule has 0 bridgehead atoms. The molecule has 1 heterocycles. The number of likely N-dealkylation sites (N-methyl/N-ethyl adjacent to an activating group) is 1. The van der Waals surface area contributed by atoms with Gasteiger partial charge in [0.15, 0.2) is 5.82 Å². The molecule has 1 N–H and O–H groups in total. The molecule has 12 heavy (non-hydrogen) atoms. The van der Waals surface area contributed by atoms with Crippen molar-refractivity contribution in [2.24, 2.45) is 0 Å². The Hall–Kier alpha value is -1.16. The van der Waals surface area contributed by atoms with Gasteiger partial charge in [-0.2, -0.15) is 0 Å². The highest BCUT2D eigenvalue weighted by Gasteiger charge is 1.95.